The average molecular weight is 138 g/mol. The maximum atomic E-state index is 4.77. The third-order valence-electron chi connectivity index (χ3n) is 0.570. The Morgan fingerprint density at radius 1 is 1.71 bits per heavy atom. The van der Waals surface area contributed by atoms with E-state index in [1.165, 1.54) is 0 Å². The molecule has 1 atom stereocenters. The predicted molar refractivity (Wildman–Crippen MR) is 38.5 cm³/mol. The highest BCUT2D eigenvalue weighted by Gasteiger charge is 1.94. The number of hydrogen-bond donors (Lipinski definition) is 2. The van der Waals surface area contributed by atoms with Crippen LogP contribution in [0.15, 0.2) is 0 Å². The van der Waals surface area contributed by atoms with Crippen molar-refractivity contribution in [1.82, 2.24) is 0 Å². The standard InChI is InChI=1S/C4H10OS2/c1-5-2-4(7)3-6/h4,6-7H,2-3H2,1H3. The lowest BCUT2D eigenvalue weighted by Gasteiger charge is -2.02. The minimum atomic E-state index is 0.285. The van der Waals surface area contributed by atoms with E-state index in [1.807, 2.05) is 0 Å². The fourth-order valence-corrected chi connectivity index (χ4v) is 0.500. The monoisotopic (exact) mass is 138 g/mol. The van der Waals surface area contributed by atoms with E-state index >= 15 is 0 Å². The van der Waals surface area contributed by atoms with Gasteiger partial charge in [-0.2, -0.15) is 25.3 Å². The fourth-order valence-electron chi connectivity index (χ4n) is 0.245. The SMILES string of the molecule is COCC(S)CS. The summed E-state index contributed by atoms with van der Waals surface area (Å²) in [6.07, 6.45) is 0. The molecule has 0 aromatic rings. The Morgan fingerprint density at radius 3 is 2.43 bits per heavy atom. The lowest BCUT2D eigenvalue weighted by molar-refractivity contribution is 0.204. The predicted octanol–water partition coefficient (Wildman–Crippen LogP) is 0.861. The summed E-state index contributed by atoms with van der Waals surface area (Å²) < 4.78 is 4.77. The second-order valence-corrected chi connectivity index (χ2v) is 2.39. The second kappa shape index (κ2) is 4.81. The van der Waals surface area contributed by atoms with Crippen LogP contribution < -0.4 is 0 Å². The zero-order valence-corrected chi connectivity index (χ0v) is 6.08. The molecule has 0 aliphatic carbocycles. The van der Waals surface area contributed by atoms with E-state index in [9.17, 15) is 0 Å². The van der Waals surface area contributed by atoms with Gasteiger partial charge in [-0.1, -0.05) is 0 Å². The molecule has 44 valence electrons. The second-order valence-electron chi connectivity index (χ2n) is 1.29. The van der Waals surface area contributed by atoms with Crippen LogP contribution in [0.4, 0.5) is 0 Å². The van der Waals surface area contributed by atoms with E-state index < -0.39 is 0 Å². The van der Waals surface area contributed by atoms with Gasteiger partial charge in [-0.3, -0.25) is 0 Å². The Bertz CT molecular complexity index is 40.7. The molecule has 0 aromatic heterocycles. The van der Waals surface area contributed by atoms with Gasteiger partial charge < -0.3 is 4.74 Å². The fraction of sp³-hybridized carbons (Fsp3) is 1.00. The van der Waals surface area contributed by atoms with E-state index in [-0.39, 0.29) is 5.25 Å². The van der Waals surface area contributed by atoms with Crippen LogP contribution in [0.1, 0.15) is 0 Å². The van der Waals surface area contributed by atoms with Gasteiger partial charge in [-0.25, -0.2) is 0 Å². The summed E-state index contributed by atoms with van der Waals surface area (Å²) in [7, 11) is 1.66. The van der Waals surface area contributed by atoms with Gasteiger partial charge in [0.2, 0.25) is 0 Å². The van der Waals surface area contributed by atoms with E-state index in [0.717, 1.165) is 5.75 Å². The summed E-state index contributed by atoms with van der Waals surface area (Å²) in [5, 5.41) is 0.285. The van der Waals surface area contributed by atoms with E-state index in [0.29, 0.717) is 6.61 Å². The van der Waals surface area contributed by atoms with Crippen LogP contribution in [0.2, 0.25) is 0 Å². The van der Waals surface area contributed by atoms with Gasteiger partial charge in [0.1, 0.15) is 0 Å². The van der Waals surface area contributed by atoms with Crippen LogP contribution in [0, 0.1) is 0 Å². The van der Waals surface area contributed by atoms with Gasteiger partial charge in [0, 0.05) is 18.1 Å². The maximum absolute atomic E-state index is 4.77. The highest BCUT2D eigenvalue weighted by atomic mass is 32.1. The topological polar surface area (TPSA) is 9.23 Å². The summed E-state index contributed by atoms with van der Waals surface area (Å²) in [4.78, 5) is 0. The number of ether oxygens (including phenoxy) is 1. The molecule has 0 heterocycles. The Hall–Kier alpha value is 0.660. The highest BCUT2D eigenvalue weighted by molar-refractivity contribution is 7.84. The normalized spacial score (nSPS) is 14.1. The number of thiol groups is 2. The first-order valence-electron chi connectivity index (χ1n) is 2.09. The Morgan fingerprint density at radius 2 is 2.29 bits per heavy atom. The molecule has 0 aliphatic rings. The van der Waals surface area contributed by atoms with Crippen molar-refractivity contribution in [1.29, 1.82) is 0 Å². The highest BCUT2D eigenvalue weighted by Crippen LogP contribution is 1.95. The smallest absolute Gasteiger partial charge is 0.0586 e. The van der Waals surface area contributed by atoms with Crippen molar-refractivity contribution in [2.24, 2.45) is 0 Å². The van der Waals surface area contributed by atoms with Crippen molar-refractivity contribution in [3.63, 3.8) is 0 Å². The Balaban J connectivity index is 2.83. The molecule has 1 unspecified atom stereocenters. The first-order valence-corrected chi connectivity index (χ1v) is 3.24. The largest absolute Gasteiger partial charge is 0.384 e. The maximum Gasteiger partial charge on any atom is 0.0586 e. The molecule has 1 nitrogen and oxygen atoms in total. The molecule has 0 aromatic carbocycles. The molecular weight excluding hydrogens is 128 g/mol. The quantitative estimate of drug-likeness (QED) is 0.550. The Labute approximate surface area is 55.3 Å². The van der Waals surface area contributed by atoms with Gasteiger partial charge in [0.05, 0.1) is 6.61 Å². The molecule has 0 radical (unpaired) electrons. The third-order valence-corrected chi connectivity index (χ3v) is 1.63. The van der Waals surface area contributed by atoms with Gasteiger partial charge in [0.25, 0.3) is 0 Å². The summed E-state index contributed by atoms with van der Waals surface area (Å²) >= 11 is 8.10. The van der Waals surface area contributed by atoms with Gasteiger partial charge in [-0.15, -0.1) is 0 Å². The first kappa shape index (κ1) is 7.66. The van der Waals surface area contributed by atoms with Gasteiger partial charge in [0.15, 0.2) is 0 Å². The Kier molecular flexibility index (Phi) is 5.26. The van der Waals surface area contributed by atoms with Crippen molar-refractivity contribution in [3.8, 4) is 0 Å². The zero-order chi connectivity index (χ0) is 5.70. The van der Waals surface area contributed by atoms with E-state index in [2.05, 4.69) is 25.3 Å². The molecule has 0 N–H and O–H groups in total. The minimum absolute atomic E-state index is 0.285. The lowest BCUT2D eigenvalue weighted by atomic mass is 10.5. The molecule has 3 heteroatoms. The van der Waals surface area contributed by atoms with Crippen LogP contribution in [-0.4, -0.2) is 24.7 Å². The molecule has 0 saturated heterocycles. The van der Waals surface area contributed by atoms with Crippen LogP contribution >= 0.6 is 25.3 Å². The molecule has 0 bridgehead atoms. The number of hydrogen-bond acceptors (Lipinski definition) is 3. The van der Waals surface area contributed by atoms with Crippen LogP contribution in [0.3, 0.4) is 0 Å². The van der Waals surface area contributed by atoms with Crippen LogP contribution in [0.25, 0.3) is 0 Å². The summed E-state index contributed by atoms with van der Waals surface area (Å²) in [5.41, 5.74) is 0. The lowest BCUT2D eigenvalue weighted by Crippen LogP contribution is -2.07. The van der Waals surface area contributed by atoms with E-state index in [4.69, 9.17) is 4.74 Å². The number of rotatable bonds is 3. The molecule has 0 saturated carbocycles. The molecule has 0 spiro atoms. The summed E-state index contributed by atoms with van der Waals surface area (Å²) in [6, 6.07) is 0. The first-order chi connectivity index (χ1) is 3.31. The molecular formula is C4H10OS2. The van der Waals surface area contributed by atoms with Crippen LogP contribution in [0.5, 0.6) is 0 Å². The molecule has 0 aliphatic heterocycles. The molecule has 0 rings (SSSR count). The third kappa shape index (κ3) is 4.51. The minimum Gasteiger partial charge on any atom is -0.384 e. The van der Waals surface area contributed by atoms with Crippen molar-refractivity contribution < 1.29 is 4.74 Å². The van der Waals surface area contributed by atoms with Crippen molar-refractivity contribution in [2.45, 2.75) is 5.25 Å². The summed E-state index contributed by atoms with van der Waals surface area (Å²) in [5.74, 6) is 0.775. The number of methoxy groups -OCH3 is 1. The molecule has 0 amide bonds. The van der Waals surface area contributed by atoms with Crippen LogP contribution in [-0.2, 0) is 4.74 Å². The van der Waals surface area contributed by atoms with Crippen molar-refractivity contribution >= 4 is 25.3 Å². The van der Waals surface area contributed by atoms with Gasteiger partial charge >= 0.3 is 0 Å². The molecule has 7 heavy (non-hydrogen) atoms. The summed E-state index contributed by atoms with van der Waals surface area (Å²) in [6.45, 7) is 0.687. The molecule has 0 fully saturated rings. The van der Waals surface area contributed by atoms with Gasteiger partial charge in [-0.05, 0) is 0 Å². The average Bonchev–Trinajstić information content (AvgIpc) is 1.68. The van der Waals surface area contributed by atoms with E-state index in [1.54, 1.807) is 7.11 Å². The van der Waals surface area contributed by atoms with Crippen molar-refractivity contribution in [2.75, 3.05) is 19.5 Å². The van der Waals surface area contributed by atoms with Crippen molar-refractivity contribution in [3.05, 3.63) is 0 Å². The zero-order valence-electron chi connectivity index (χ0n) is 4.29.